The predicted octanol–water partition coefficient (Wildman–Crippen LogP) is 17.0. The highest BCUT2D eigenvalue weighted by atomic mass is 32.1. The van der Waals surface area contributed by atoms with Crippen LogP contribution in [0.2, 0.25) is 0 Å². The zero-order valence-electron chi connectivity index (χ0n) is 33.5. The van der Waals surface area contributed by atoms with E-state index < -0.39 is 0 Å². The van der Waals surface area contributed by atoms with E-state index in [2.05, 4.69) is 222 Å². The molecule has 0 spiro atoms. The molecule has 0 N–H and O–H groups in total. The summed E-state index contributed by atoms with van der Waals surface area (Å²) in [5, 5.41) is 9.67. The second kappa shape index (κ2) is 13.8. The van der Waals surface area contributed by atoms with Crippen molar-refractivity contribution < 1.29 is 4.42 Å². The lowest BCUT2D eigenvalue weighted by molar-refractivity contribution is 0.670. The number of hydrogen-bond acceptors (Lipinski definition) is 3. The van der Waals surface area contributed by atoms with Crippen LogP contribution in [0.15, 0.2) is 223 Å². The van der Waals surface area contributed by atoms with Gasteiger partial charge >= 0.3 is 0 Å². The molecule has 0 radical (unpaired) electrons. The number of thiophene rings is 1. The molecule has 0 aliphatic carbocycles. The minimum Gasteiger partial charge on any atom is -0.455 e. The van der Waals surface area contributed by atoms with E-state index in [1.807, 2.05) is 17.4 Å². The van der Waals surface area contributed by atoms with E-state index in [0.717, 1.165) is 55.8 Å². The number of para-hydroxylation sites is 4. The molecule has 0 bridgehead atoms. The maximum Gasteiger partial charge on any atom is 0.143 e. The van der Waals surface area contributed by atoms with Gasteiger partial charge in [0.05, 0.1) is 22.4 Å². The van der Waals surface area contributed by atoms with Gasteiger partial charge in [0.25, 0.3) is 0 Å². The molecule has 0 fully saturated rings. The predicted molar refractivity (Wildman–Crippen MR) is 264 cm³/mol. The molecule has 10 aromatic carbocycles. The van der Waals surface area contributed by atoms with E-state index >= 15 is 0 Å². The average molecular weight is 809 g/mol. The number of nitrogens with zero attached hydrogens (tertiary/aromatic N) is 2. The minimum atomic E-state index is 0.900. The molecule has 3 heterocycles. The largest absolute Gasteiger partial charge is 0.455 e. The Labute approximate surface area is 361 Å². The highest BCUT2D eigenvalue weighted by molar-refractivity contribution is 7.26. The summed E-state index contributed by atoms with van der Waals surface area (Å²) in [5.41, 5.74) is 13.3. The van der Waals surface area contributed by atoms with Crippen molar-refractivity contribution in [1.82, 2.24) is 4.57 Å². The van der Waals surface area contributed by atoms with E-state index in [1.54, 1.807) is 0 Å². The second-order valence-electron chi connectivity index (χ2n) is 16.0. The number of furan rings is 1. The lowest BCUT2D eigenvalue weighted by Gasteiger charge is -2.28. The van der Waals surface area contributed by atoms with Gasteiger partial charge in [0.1, 0.15) is 11.2 Å². The quantitative estimate of drug-likeness (QED) is 0.167. The number of anilines is 3. The Morgan fingerprint density at radius 3 is 1.89 bits per heavy atom. The average Bonchev–Trinajstić information content (AvgIpc) is 4.02. The maximum atomic E-state index is 6.57. The van der Waals surface area contributed by atoms with Crippen molar-refractivity contribution in [2.45, 2.75) is 0 Å². The first-order valence-corrected chi connectivity index (χ1v) is 21.9. The molecule has 0 aliphatic rings. The van der Waals surface area contributed by atoms with Crippen LogP contribution in [0.1, 0.15) is 0 Å². The van der Waals surface area contributed by atoms with Gasteiger partial charge in [0.15, 0.2) is 0 Å². The fourth-order valence-corrected chi connectivity index (χ4v) is 11.1. The van der Waals surface area contributed by atoms with Crippen LogP contribution in [-0.4, -0.2) is 4.57 Å². The monoisotopic (exact) mass is 808 g/mol. The Bertz CT molecular complexity index is 3830. The number of rotatable bonds is 6. The van der Waals surface area contributed by atoms with Gasteiger partial charge in [-0.05, 0) is 82.7 Å². The summed E-state index contributed by atoms with van der Waals surface area (Å²) in [6, 6.07) is 79.2. The molecular weight excluding hydrogens is 773 g/mol. The van der Waals surface area contributed by atoms with Gasteiger partial charge in [-0.25, -0.2) is 0 Å². The molecule has 0 atom stereocenters. The molecule has 0 saturated heterocycles. The molecule has 13 rings (SSSR count). The third-order valence-electron chi connectivity index (χ3n) is 12.6. The van der Waals surface area contributed by atoms with Crippen molar-refractivity contribution in [3.8, 4) is 27.9 Å². The van der Waals surface area contributed by atoms with Crippen LogP contribution in [0, 0.1) is 0 Å². The first-order valence-electron chi connectivity index (χ1n) is 21.1. The highest BCUT2D eigenvalue weighted by Gasteiger charge is 2.23. The Morgan fingerprint density at radius 1 is 0.419 bits per heavy atom. The minimum absolute atomic E-state index is 0.900. The van der Waals surface area contributed by atoms with E-state index in [4.69, 9.17) is 4.42 Å². The number of aromatic nitrogens is 1. The van der Waals surface area contributed by atoms with Gasteiger partial charge in [-0.2, -0.15) is 0 Å². The molecule has 3 nitrogen and oxygen atoms in total. The van der Waals surface area contributed by atoms with Gasteiger partial charge in [-0.15, -0.1) is 11.3 Å². The Hall–Kier alpha value is -7.92. The normalized spacial score (nSPS) is 11.9. The number of hydrogen-bond donors (Lipinski definition) is 0. The van der Waals surface area contributed by atoms with Crippen molar-refractivity contribution >= 4 is 103 Å². The molecule has 4 heteroatoms. The summed E-state index contributed by atoms with van der Waals surface area (Å²) in [6.07, 6.45) is 0. The molecule has 3 aromatic heterocycles. The van der Waals surface area contributed by atoms with Crippen LogP contribution < -0.4 is 4.90 Å². The molecule has 62 heavy (non-hydrogen) atoms. The molecule has 0 saturated carbocycles. The van der Waals surface area contributed by atoms with Gasteiger partial charge in [-0.3, -0.25) is 0 Å². The smallest absolute Gasteiger partial charge is 0.143 e. The van der Waals surface area contributed by atoms with Crippen LogP contribution in [0.3, 0.4) is 0 Å². The van der Waals surface area contributed by atoms with Crippen LogP contribution in [0.4, 0.5) is 17.1 Å². The zero-order chi connectivity index (χ0) is 40.7. The Morgan fingerprint density at radius 2 is 1.06 bits per heavy atom. The number of fused-ring (bicyclic) bond motifs is 10. The third-order valence-corrected chi connectivity index (χ3v) is 13.8. The summed E-state index contributed by atoms with van der Waals surface area (Å²) < 4.78 is 11.5. The SMILES string of the molecule is c1cc(-c2cccc3c2oc2ccccc23)cc(N(c2cccc3ccccc23)c2ccc(-c3ccc(-n4c5ccccc5c5ccccc54)cc3)c3sc4ccccc4c23)c1. The van der Waals surface area contributed by atoms with Crippen molar-refractivity contribution in [2.24, 2.45) is 0 Å². The summed E-state index contributed by atoms with van der Waals surface area (Å²) in [5.74, 6) is 0. The summed E-state index contributed by atoms with van der Waals surface area (Å²) >= 11 is 1.87. The molecule has 0 aliphatic heterocycles. The molecule has 0 amide bonds. The topological polar surface area (TPSA) is 21.3 Å². The lowest BCUT2D eigenvalue weighted by atomic mass is 9.98. The number of benzene rings is 10. The molecule has 290 valence electrons. The van der Waals surface area contributed by atoms with Gasteiger partial charge in [0.2, 0.25) is 0 Å². The fraction of sp³-hybridized carbons (Fsp3) is 0. The van der Waals surface area contributed by atoms with Crippen molar-refractivity contribution in [1.29, 1.82) is 0 Å². The van der Waals surface area contributed by atoms with Crippen molar-refractivity contribution in [3.05, 3.63) is 218 Å². The van der Waals surface area contributed by atoms with E-state index in [0.29, 0.717) is 0 Å². The lowest BCUT2D eigenvalue weighted by Crippen LogP contribution is -2.11. The zero-order valence-corrected chi connectivity index (χ0v) is 34.3. The van der Waals surface area contributed by atoms with Crippen LogP contribution in [0.5, 0.6) is 0 Å². The fourth-order valence-electron chi connectivity index (χ4n) is 9.81. The summed E-state index contributed by atoms with van der Waals surface area (Å²) in [4.78, 5) is 2.47. The van der Waals surface area contributed by atoms with E-state index in [-0.39, 0.29) is 0 Å². The van der Waals surface area contributed by atoms with Gasteiger partial charge in [-0.1, -0.05) is 158 Å². The van der Waals surface area contributed by atoms with E-state index in [1.165, 1.54) is 63.9 Å². The molecular formula is C58H36N2OS. The van der Waals surface area contributed by atoms with Crippen molar-refractivity contribution in [2.75, 3.05) is 4.90 Å². The van der Waals surface area contributed by atoms with E-state index in [9.17, 15) is 0 Å². The Balaban J connectivity index is 1.02. The Kier molecular flexibility index (Phi) is 7.78. The third kappa shape index (κ3) is 5.30. The van der Waals surface area contributed by atoms with Crippen molar-refractivity contribution in [3.63, 3.8) is 0 Å². The summed E-state index contributed by atoms with van der Waals surface area (Å²) in [6.45, 7) is 0. The first kappa shape index (κ1) is 34.9. The standard InChI is InChI=1S/C58H36N2OS/c1-2-18-42-37(14-1)15-12-27-50(42)60(41-17-11-16-39(36-41)43-23-13-24-48-47-21-5-9-28-54(47)61-57(43)48)53-35-34-44(58-56(53)49-22-6-10-29-55(49)62-58)38-30-32-40(33-31-38)59-51-25-7-3-19-45(51)46-20-4-8-26-52(46)59/h1-36H. The first-order chi connectivity index (χ1) is 30.8. The van der Waals surface area contributed by atoms with Gasteiger partial charge in [0, 0.05) is 64.0 Å². The highest BCUT2D eigenvalue weighted by Crippen LogP contribution is 2.50. The van der Waals surface area contributed by atoms with Gasteiger partial charge < -0.3 is 13.9 Å². The molecule has 0 unspecified atom stereocenters. The van der Waals surface area contributed by atoms with Crippen LogP contribution in [-0.2, 0) is 0 Å². The molecule has 13 aromatic rings. The second-order valence-corrected chi connectivity index (χ2v) is 17.1. The van der Waals surface area contributed by atoms with Crippen LogP contribution >= 0.6 is 11.3 Å². The summed E-state index contributed by atoms with van der Waals surface area (Å²) in [7, 11) is 0. The van der Waals surface area contributed by atoms with Crippen LogP contribution in [0.25, 0.3) is 103 Å². The maximum absolute atomic E-state index is 6.57.